The zero-order chi connectivity index (χ0) is 11.4. The van der Waals surface area contributed by atoms with Crippen LogP contribution in [0.5, 0.6) is 0 Å². The van der Waals surface area contributed by atoms with Gasteiger partial charge in [0.2, 0.25) is 0 Å². The van der Waals surface area contributed by atoms with Crippen LogP contribution in [-0.2, 0) is 0 Å². The standard InChI is InChI=1S/C13H26N2S/c1-3-16-13-8-4-7-12(13)15-9-5-6-11(10-15)14-2/h11-14H,3-10H2,1-2H3. The molecule has 0 spiro atoms. The second-order valence-corrected chi connectivity index (χ2v) is 6.63. The van der Waals surface area contributed by atoms with Crippen molar-refractivity contribution in [3.8, 4) is 0 Å². The molecule has 0 radical (unpaired) electrons. The van der Waals surface area contributed by atoms with Gasteiger partial charge in [0.1, 0.15) is 0 Å². The van der Waals surface area contributed by atoms with E-state index in [0.29, 0.717) is 0 Å². The summed E-state index contributed by atoms with van der Waals surface area (Å²) in [6, 6.07) is 1.61. The lowest BCUT2D eigenvalue weighted by Gasteiger charge is -2.39. The zero-order valence-electron chi connectivity index (χ0n) is 10.7. The van der Waals surface area contributed by atoms with Gasteiger partial charge in [0, 0.05) is 23.9 Å². The number of nitrogens with one attached hydrogen (secondary N) is 1. The number of likely N-dealkylation sites (N-methyl/N-ethyl adjacent to an activating group) is 1. The van der Waals surface area contributed by atoms with Gasteiger partial charge < -0.3 is 5.32 Å². The van der Waals surface area contributed by atoms with E-state index in [4.69, 9.17) is 0 Å². The molecule has 1 aliphatic carbocycles. The highest BCUT2D eigenvalue weighted by molar-refractivity contribution is 7.99. The van der Waals surface area contributed by atoms with Gasteiger partial charge in [-0.2, -0.15) is 11.8 Å². The number of hydrogen-bond acceptors (Lipinski definition) is 3. The number of hydrogen-bond donors (Lipinski definition) is 1. The van der Waals surface area contributed by atoms with E-state index in [1.807, 2.05) is 0 Å². The quantitative estimate of drug-likeness (QED) is 0.814. The third kappa shape index (κ3) is 2.93. The molecule has 2 nitrogen and oxygen atoms in total. The van der Waals surface area contributed by atoms with Crippen molar-refractivity contribution >= 4 is 11.8 Å². The first-order valence-corrected chi connectivity index (χ1v) is 7.93. The molecule has 2 fully saturated rings. The molecular formula is C13H26N2S. The first kappa shape index (κ1) is 12.7. The Hall–Kier alpha value is 0.270. The fourth-order valence-electron chi connectivity index (χ4n) is 3.28. The molecule has 2 rings (SSSR count). The van der Waals surface area contributed by atoms with Crippen molar-refractivity contribution in [1.29, 1.82) is 0 Å². The predicted octanol–water partition coefficient (Wildman–Crippen LogP) is 2.34. The summed E-state index contributed by atoms with van der Waals surface area (Å²) in [6.45, 7) is 4.91. The highest BCUT2D eigenvalue weighted by Gasteiger charge is 2.34. The average Bonchev–Trinajstić information content (AvgIpc) is 2.78. The fourth-order valence-corrected chi connectivity index (χ4v) is 4.57. The van der Waals surface area contributed by atoms with Crippen LogP contribution in [0.15, 0.2) is 0 Å². The molecule has 1 aliphatic heterocycles. The van der Waals surface area contributed by atoms with Crippen LogP contribution in [0.4, 0.5) is 0 Å². The van der Waals surface area contributed by atoms with Gasteiger partial charge in [-0.3, -0.25) is 4.90 Å². The van der Waals surface area contributed by atoms with Crippen LogP contribution in [0.1, 0.15) is 39.0 Å². The topological polar surface area (TPSA) is 15.3 Å². The molecule has 0 bridgehead atoms. The summed E-state index contributed by atoms with van der Waals surface area (Å²) in [7, 11) is 2.11. The summed E-state index contributed by atoms with van der Waals surface area (Å²) in [4.78, 5) is 2.77. The number of rotatable bonds is 4. The van der Waals surface area contributed by atoms with Gasteiger partial charge in [-0.15, -0.1) is 0 Å². The Labute approximate surface area is 105 Å². The molecule has 3 unspecified atom stereocenters. The van der Waals surface area contributed by atoms with Crippen molar-refractivity contribution in [2.45, 2.75) is 56.4 Å². The summed E-state index contributed by atoms with van der Waals surface area (Å²) >= 11 is 2.19. The normalized spacial score (nSPS) is 36.8. The van der Waals surface area contributed by atoms with Crippen LogP contribution < -0.4 is 5.32 Å². The lowest BCUT2D eigenvalue weighted by atomic mass is 10.0. The maximum Gasteiger partial charge on any atom is 0.0215 e. The van der Waals surface area contributed by atoms with Crippen molar-refractivity contribution in [2.75, 3.05) is 25.9 Å². The third-order valence-electron chi connectivity index (χ3n) is 4.13. The van der Waals surface area contributed by atoms with Crippen LogP contribution in [0.3, 0.4) is 0 Å². The second-order valence-electron chi connectivity index (χ2n) is 5.11. The molecule has 0 amide bonds. The van der Waals surface area contributed by atoms with Crippen molar-refractivity contribution < 1.29 is 0 Å². The molecule has 3 atom stereocenters. The Bertz CT molecular complexity index is 210. The van der Waals surface area contributed by atoms with Crippen molar-refractivity contribution in [2.24, 2.45) is 0 Å². The average molecular weight is 242 g/mol. The third-order valence-corrected chi connectivity index (χ3v) is 5.44. The van der Waals surface area contributed by atoms with Crippen LogP contribution in [0, 0.1) is 0 Å². The minimum absolute atomic E-state index is 0.738. The minimum Gasteiger partial charge on any atom is -0.316 e. The molecule has 1 heterocycles. The lowest BCUT2D eigenvalue weighted by molar-refractivity contribution is 0.144. The molecular weight excluding hydrogens is 216 g/mol. The van der Waals surface area contributed by atoms with Crippen molar-refractivity contribution in [3.05, 3.63) is 0 Å². The Kier molecular flexibility index (Phi) is 4.98. The molecule has 2 aliphatic rings. The number of piperidine rings is 1. The minimum atomic E-state index is 0.738. The number of thioether (sulfide) groups is 1. The second kappa shape index (κ2) is 6.27. The fraction of sp³-hybridized carbons (Fsp3) is 1.00. The van der Waals surface area contributed by atoms with Crippen LogP contribution in [-0.4, -0.2) is 48.1 Å². The first-order valence-electron chi connectivity index (χ1n) is 6.88. The van der Waals surface area contributed by atoms with Gasteiger partial charge in [0.05, 0.1) is 0 Å². The maximum absolute atomic E-state index is 3.46. The highest BCUT2D eigenvalue weighted by Crippen LogP contribution is 2.34. The first-order chi connectivity index (χ1) is 7.85. The molecule has 16 heavy (non-hydrogen) atoms. The van der Waals surface area contributed by atoms with Gasteiger partial charge in [-0.1, -0.05) is 13.3 Å². The molecule has 0 aromatic heterocycles. The maximum atomic E-state index is 3.46. The molecule has 0 aromatic carbocycles. The highest BCUT2D eigenvalue weighted by atomic mass is 32.2. The largest absolute Gasteiger partial charge is 0.316 e. The van der Waals surface area contributed by atoms with Crippen molar-refractivity contribution in [1.82, 2.24) is 10.2 Å². The summed E-state index contributed by atoms with van der Waals surface area (Å²) in [5, 5.41) is 4.37. The van der Waals surface area contributed by atoms with Gasteiger partial charge in [0.25, 0.3) is 0 Å². The molecule has 1 saturated carbocycles. The van der Waals surface area contributed by atoms with E-state index in [1.165, 1.54) is 50.9 Å². The van der Waals surface area contributed by atoms with Crippen LogP contribution in [0.2, 0.25) is 0 Å². The Morgan fingerprint density at radius 1 is 1.25 bits per heavy atom. The smallest absolute Gasteiger partial charge is 0.0215 e. The monoisotopic (exact) mass is 242 g/mol. The summed E-state index contributed by atoms with van der Waals surface area (Å²) < 4.78 is 0. The van der Waals surface area contributed by atoms with E-state index in [1.54, 1.807) is 0 Å². The van der Waals surface area contributed by atoms with E-state index in [0.717, 1.165) is 17.3 Å². The Morgan fingerprint density at radius 3 is 2.88 bits per heavy atom. The number of likely N-dealkylation sites (tertiary alicyclic amines) is 1. The van der Waals surface area contributed by atoms with Gasteiger partial charge in [-0.25, -0.2) is 0 Å². The Morgan fingerprint density at radius 2 is 2.12 bits per heavy atom. The summed E-state index contributed by atoms with van der Waals surface area (Å²) in [6.07, 6.45) is 7.08. The van der Waals surface area contributed by atoms with E-state index in [9.17, 15) is 0 Å². The lowest BCUT2D eigenvalue weighted by Crippen LogP contribution is -2.50. The van der Waals surface area contributed by atoms with Gasteiger partial charge in [-0.05, 0) is 45.0 Å². The van der Waals surface area contributed by atoms with Crippen molar-refractivity contribution in [3.63, 3.8) is 0 Å². The molecule has 1 saturated heterocycles. The Balaban J connectivity index is 1.89. The summed E-state index contributed by atoms with van der Waals surface area (Å²) in [5.74, 6) is 1.28. The zero-order valence-corrected chi connectivity index (χ0v) is 11.6. The van der Waals surface area contributed by atoms with Gasteiger partial charge in [0.15, 0.2) is 0 Å². The van der Waals surface area contributed by atoms with E-state index >= 15 is 0 Å². The van der Waals surface area contributed by atoms with Crippen LogP contribution >= 0.6 is 11.8 Å². The SMILES string of the molecule is CCSC1CCCC1N1CCCC(NC)C1. The van der Waals surface area contributed by atoms with E-state index < -0.39 is 0 Å². The molecule has 1 N–H and O–H groups in total. The predicted molar refractivity (Wildman–Crippen MR) is 73.2 cm³/mol. The van der Waals surface area contributed by atoms with Gasteiger partial charge >= 0.3 is 0 Å². The number of nitrogens with zero attached hydrogens (tertiary/aromatic N) is 1. The molecule has 94 valence electrons. The summed E-state index contributed by atoms with van der Waals surface area (Å²) in [5.41, 5.74) is 0. The molecule has 3 heteroatoms. The van der Waals surface area contributed by atoms with Crippen LogP contribution in [0.25, 0.3) is 0 Å². The van der Waals surface area contributed by atoms with E-state index in [2.05, 4.69) is 35.9 Å². The molecule has 0 aromatic rings. The van der Waals surface area contributed by atoms with E-state index in [-0.39, 0.29) is 0 Å².